The summed E-state index contributed by atoms with van der Waals surface area (Å²) in [6, 6.07) is 4.54. The Labute approximate surface area is 106 Å². The van der Waals surface area contributed by atoms with Crippen LogP contribution < -0.4 is 10.5 Å². The summed E-state index contributed by atoms with van der Waals surface area (Å²) in [5.41, 5.74) is 5.88. The summed E-state index contributed by atoms with van der Waals surface area (Å²) in [5.74, 6) is 5.45. The number of sulfonamides is 1. The van der Waals surface area contributed by atoms with Gasteiger partial charge >= 0.3 is 0 Å². The molecule has 0 aliphatic carbocycles. The van der Waals surface area contributed by atoms with E-state index < -0.39 is 10.0 Å². The molecule has 0 saturated heterocycles. The topological polar surface area (TPSA) is 72.2 Å². The number of hydrogen-bond acceptors (Lipinski definition) is 3. The molecule has 3 N–H and O–H groups in total. The average Bonchev–Trinajstić information content (AvgIpc) is 2.26. The molecule has 0 aliphatic heterocycles. The SMILES string of the molecule is CCNS(=O)(=O)c1ccc(C#CCN)cc1Cl. The summed E-state index contributed by atoms with van der Waals surface area (Å²) < 4.78 is 25.8. The molecule has 0 aromatic heterocycles. The summed E-state index contributed by atoms with van der Waals surface area (Å²) in [6.07, 6.45) is 0. The highest BCUT2D eigenvalue weighted by atomic mass is 35.5. The lowest BCUT2D eigenvalue weighted by Crippen LogP contribution is -2.23. The Morgan fingerprint density at radius 2 is 2.18 bits per heavy atom. The molecule has 1 aromatic rings. The minimum atomic E-state index is -3.53. The fourth-order valence-corrected chi connectivity index (χ4v) is 2.80. The first-order valence-electron chi connectivity index (χ1n) is 4.99. The second-order valence-electron chi connectivity index (χ2n) is 3.15. The van der Waals surface area contributed by atoms with E-state index in [1.165, 1.54) is 12.1 Å². The van der Waals surface area contributed by atoms with Crippen LogP contribution in [0.2, 0.25) is 5.02 Å². The third-order valence-electron chi connectivity index (χ3n) is 1.89. The van der Waals surface area contributed by atoms with Crippen LogP contribution in [0.15, 0.2) is 23.1 Å². The molecular weight excluding hydrogens is 260 g/mol. The maximum absolute atomic E-state index is 11.7. The zero-order chi connectivity index (χ0) is 12.9. The van der Waals surface area contributed by atoms with Gasteiger partial charge in [0.15, 0.2) is 0 Å². The number of benzene rings is 1. The molecule has 0 fully saturated rings. The third kappa shape index (κ3) is 3.72. The predicted molar refractivity (Wildman–Crippen MR) is 68.2 cm³/mol. The fourth-order valence-electron chi connectivity index (χ4n) is 1.22. The Morgan fingerprint density at radius 3 is 2.71 bits per heavy atom. The van der Waals surface area contributed by atoms with Crippen molar-refractivity contribution in [2.24, 2.45) is 5.73 Å². The van der Waals surface area contributed by atoms with Crippen LogP contribution in [0.25, 0.3) is 0 Å². The molecule has 0 heterocycles. The van der Waals surface area contributed by atoms with Crippen LogP contribution >= 0.6 is 11.6 Å². The smallest absolute Gasteiger partial charge is 0.242 e. The first-order valence-corrected chi connectivity index (χ1v) is 6.85. The van der Waals surface area contributed by atoms with Crippen LogP contribution in [-0.2, 0) is 10.0 Å². The van der Waals surface area contributed by atoms with E-state index >= 15 is 0 Å². The van der Waals surface area contributed by atoms with E-state index in [0.717, 1.165) is 0 Å². The Hall–Kier alpha value is -1.06. The Bertz CT molecular complexity index is 559. The van der Waals surface area contributed by atoms with Crippen LogP contribution in [0.4, 0.5) is 0 Å². The highest BCUT2D eigenvalue weighted by molar-refractivity contribution is 7.89. The number of rotatable bonds is 3. The van der Waals surface area contributed by atoms with Gasteiger partial charge in [0, 0.05) is 12.1 Å². The van der Waals surface area contributed by atoms with Gasteiger partial charge in [-0.05, 0) is 18.2 Å². The van der Waals surface area contributed by atoms with E-state index in [4.69, 9.17) is 17.3 Å². The quantitative estimate of drug-likeness (QED) is 0.805. The minimum absolute atomic E-state index is 0.0549. The summed E-state index contributed by atoms with van der Waals surface area (Å²) in [6.45, 7) is 2.26. The van der Waals surface area contributed by atoms with Gasteiger partial charge in [-0.15, -0.1) is 0 Å². The van der Waals surface area contributed by atoms with Gasteiger partial charge in [-0.25, -0.2) is 13.1 Å². The molecule has 0 unspecified atom stereocenters. The Balaban J connectivity index is 3.14. The first kappa shape index (κ1) is 14.0. The third-order valence-corrected chi connectivity index (χ3v) is 3.92. The van der Waals surface area contributed by atoms with E-state index in [9.17, 15) is 8.42 Å². The molecule has 0 aliphatic rings. The van der Waals surface area contributed by atoms with Crippen molar-refractivity contribution >= 4 is 21.6 Å². The van der Waals surface area contributed by atoms with Crippen molar-refractivity contribution in [2.45, 2.75) is 11.8 Å². The lowest BCUT2D eigenvalue weighted by atomic mass is 10.2. The summed E-state index contributed by atoms with van der Waals surface area (Å²) in [4.78, 5) is 0.0549. The van der Waals surface area contributed by atoms with E-state index in [1.807, 2.05) is 0 Å². The summed E-state index contributed by atoms with van der Waals surface area (Å²) in [7, 11) is -3.53. The molecular formula is C11H13ClN2O2S. The van der Waals surface area contributed by atoms with Crippen molar-refractivity contribution in [1.82, 2.24) is 4.72 Å². The van der Waals surface area contributed by atoms with Crippen molar-refractivity contribution in [3.8, 4) is 11.8 Å². The molecule has 1 rings (SSSR count). The molecule has 17 heavy (non-hydrogen) atoms. The van der Waals surface area contributed by atoms with E-state index in [0.29, 0.717) is 12.1 Å². The van der Waals surface area contributed by atoms with Gasteiger partial charge in [0.25, 0.3) is 0 Å². The second kappa shape index (κ2) is 6.03. The van der Waals surface area contributed by atoms with E-state index in [2.05, 4.69) is 16.6 Å². The number of nitrogens with two attached hydrogens (primary N) is 1. The van der Waals surface area contributed by atoms with Crippen LogP contribution in [0.5, 0.6) is 0 Å². The molecule has 0 bridgehead atoms. The van der Waals surface area contributed by atoms with Crippen LogP contribution in [0.1, 0.15) is 12.5 Å². The van der Waals surface area contributed by atoms with Crippen molar-refractivity contribution in [3.05, 3.63) is 28.8 Å². The standard InChI is InChI=1S/C11H13ClN2O2S/c1-2-14-17(15,16)11-6-5-9(4-3-7-13)8-10(11)12/h5-6,8,14H,2,7,13H2,1H3. The monoisotopic (exact) mass is 272 g/mol. The van der Waals surface area contributed by atoms with Crippen LogP contribution in [0.3, 0.4) is 0 Å². The van der Waals surface area contributed by atoms with Crippen molar-refractivity contribution in [3.63, 3.8) is 0 Å². The van der Waals surface area contributed by atoms with E-state index in [1.54, 1.807) is 13.0 Å². The molecule has 0 radical (unpaired) electrons. The summed E-state index contributed by atoms with van der Waals surface area (Å²) in [5, 5.41) is 0.148. The Kier molecular flexibility index (Phi) is 4.97. The molecule has 0 saturated carbocycles. The highest BCUT2D eigenvalue weighted by Gasteiger charge is 2.16. The second-order valence-corrected chi connectivity index (χ2v) is 5.30. The normalized spacial score (nSPS) is 10.8. The van der Waals surface area contributed by atoms with Gasteiger partial charge in [-0.2, -0.15) is 0 Å². The lowest BCUT2D eigenvalue weighted by Gasteiger charge is -2.06. The maximum atomic E-state index is 11.7. The molecule has 1 aromatic carbocycles. The van der Waals surface area contributed by atoms with Gasteiger partial charge in [-0.1, -0.05) is 30.4 Å². The summed E-state index contributed by atoms with van der Waals surface area (Å²) >= 11 is 5.91. The molecule has 4 nitrogen and oxygen atoms in total. The van der Waals surface area contributed by atoms with Gasteiger partial charge in [0.1, 0.15) is 4.90 Å². The Morgan fingerprint density at radius 1 is 1.47 bits per heavy atom. The minimum Gasteiger partial charge on any atom is -0.320 e. The van der Waals surface area contributed by atoms with E-state index in [-0.39, 0.29) is 16.5 Å². The fraction of sp³-hybridized carbons (Fsp3) is 0.273. The number of hydrogen-bond donors (Lipinski definition) is 2. The zero-order valence-corrected chi connectivity index (χ0v) is 10.9. The zero-order valence-electron chi connectivity index (χ0n) is 9.33. The first-order chi connectivity index (χ1) is 8.01. The van der Waals surface area contributed by atoms with Gasteiger partial charge < -0.3 is 5.73 Å². The molecule has 6 heteroatoms. The maximum Gasteiger partial charge on any atom is 0.242 e. The predicted octanol–water partition coefficient (Wildman–Crippen LogP) is 0.948. The van der Waals surface area contributed by atoms with Crippen molar-refractivity contribution < 1.29 is 8.42 Å². The van der Waals surface area contributed by atoms with Crippen molar-refractivity contribution in [2.75, 3.05) is 13.1 Å². The highest BCUT2D eigenvalue weighted by Crippen LogP contribution is 2.22. The number of halogens is 1. The van der Waals surface area contributed by atoms with Crippen LogP contribution in [-0.4, -0.2) is 21.5 Å². The van der Waals surface area contributed by atoms with Crippen molar-refractivity contribution in [1.29, 1.82) is 0 Å². The van der Waals surface area contributed by atoms with Crippen LogP contribution in [0, 0.1) is 11.8 Å². The molecule has 0 spiro atoms. The van der Waals surface area contributed by atoms with Gasteiger partial charge in [0.2, 0.25) is 10.0 Å². The molecule has 0 amide bonds. The largest absolute Gasteiger partial charge is 0.320 e. The number of nitrogens with one attached hydrogen (secondary N) is 1. The average molecular weight is 273 g/mol. The van der Waals surface area contributed by atoms with Gasteiger partial charge in [0.05, 0.1) is 11.6 Å². The molecule has 92 valence electrons. The molecule has 0 atom stereocenters. The lowest BCUT2D eigenvalue weighted by molar-refractivity contribution is 0.584. The van der Waals surface area contributed by atoms with Gasteiger partial charge in [-0.3, -0.25) is 0 Å².